The van der Waals surface area contributed by atoms with Gasteiger partial charge in [-0.05, 0) is 24.0 Å². The molecule has 1 amide bonds. The molecule has 4 heteroatoms. The number of aromatic hydroxyl groups is 2. The number of nitrogens with zero attached hydrogens (tertiary/aromatic N) is 1. The van der Waals surface area contributed by atoms with Crippen molar-refractivity contribution in [2.75, 3.05) is 13.1 Å². The molecule has 17 heavy (non-hydrogen) atoms. The van der Waals surface area contributed by atoms with Crippen LogP contribution in [0, 0.1) is 11.8 Å². The van der Waals surface area contributed by atoms with E-state index < -0.39 is 0 Å². The molecule has 0 spiro atoms. The zero-order valence-electron chi connectivity index (χ0n) is 10.1. The molecule has 1 aromatic carbocycles. The first-order valence-corrected chi connectivity index (χ1v) is 5.81. The number of para-hydroxylation sites is 1. The number of carbonyl (C=O) groups excluding carboxylic acids is 1. The first-order valence-electron chi connectivity index (χ1n) is 5.81. The number of rotatable bonds is 1. The second-order valence-corrected chi connectivity index (χ2v) is 4.84. The maximum atomic E-state index is 12.2. The summed E-state index contributed by atoms with van der Waals surface area (Å²) >= 11 is 0. The van der Waals surface area contributed by atoms with Gasteiger partial charge in [0.15, 0.2) is 11.5 Å². The highest BCUT2D eigenvalue weighted by Crippen LogP contribution is 2.31. The van der Waals surface area contributed by atoms with Crippen molar-refractivity contribution in [3.8, 4) is 11.5 Å². The number of phenols is 2. The van der Waals surface area contributed by atoms with Gasteiger partial charge in [0.05, 0.1) is 5.56 Å². The molecular weight excluding hydrogens is 218 g/mol. The van der Waals surface area contributed by atoms with Crippen LogP contribution in [0.3, 0.4) is 0 Å². The van der Waals surface area contributed by atoms with Crippen molar-refractivity contribution in [1.29, 1.82) is 0 Å². The predicted molar refractivity (Wildman–Crippen MR) is 64.0 cm³/mol. The Hall–Kier alpha value is -1.71. The van der Waals surface area contributed by atoms with Gasteiger partial charge in [-0.15, -0.1) is 0 Å². The number of benzene rings is 1. The van der Waals surface area contributed by atoms with Crippen LogP contribution in [0.15, 0.2) is 18.2 Å². The Bertz CT molecular complexity index is 434. The molecule has 0 saturated carbocycles. The number of phenolic OH excluding ortho intramolecular Hbond substituents is 2. The minimum atomic E-state index is -0.329. The van der Waals surface area contributed by atoms with Crippen molar-refractivity contribution in [3.63, 3.8) is 0 Å². The van der Waals surface area contributed by atoms with E-state index in [9.17, 15) is 15.0 Å². The molecule has 0 radical (unpaired) electrons. The maximum Gasteiger partial charge on any atom is 0.257 e. The highest BCUT2D eigenvalue weighted by atomic mass is 16.3. The van der Waals surface area contributed by atoms with Crippen LogP contribution in [0.25, 0.3) is 0 Å². The van der Waals surface area contributed by atoms with Gasteiger partial charge in [0.2, 0.25) is 0 Å². The molecule has 1 fully saturated rings. The van der Waals surface area contributed by atoms with E-state index in [0.29, 0.717) is 24.9 Å². The lowest BCUT2D eigenvalue weighted by molar-refractivity contribution is 0.0781. The smallest absolute Gasteiger partial charge is 0.257 e. The summed E-state index contributed by atoms with van der Waals surface area (Å²) < 4.78 is 0. The van der Waals surface area contributed by atoms with Crippen LogP contribution in [0.4, 0.5) is 0 Å². The molecule has 1 aliphatic heterocycles. The van der Waals surface area contributed by atoms with Crippen LogP contribution < -0.4 is 0 Å². The minimum absolute atomic E-state index is 0.173. The van der Waals surface area contributed by atoms with E-state index in [4.69, 9.17) is 0 Å². The van der Waals surface area contributed by atoms with Crippen LogP contribution in [0.5, 0.6) is 11.5 Å². The zero-order valence-corrected chi connectivity index (χ0v) is 10.1. The molecule has 1 heterocycles. The quantitative estimate of drug-likeness (QED) is 0.730. The van der Waals surface area contributed by atoms with E-state index >= 15 is 0 Å². The number of likely N-dealkylation sites (tertiary alicyclic amines) is 1. The van der Waals surface area contributed by atoms with Gasteiger partial charge >= 0.3 is 0 Å². The van der Waals surface area contributed by atoms with Crippen LogP contribution in [0.2, 0.25) is 0 Å². The van der Waals surface area contributed by atoms with Crippen LogP contribution >= 0.6 is 0 Å². The van der Waals surface area contributed by atoms with Crippen LogP contribution in [-0.4, -0.2) is 34.1 Å². The first kappa shape index (κ1) is 11.8. The van der Waals surface area contributed by atoms with Gasteiger partial charge in [0.25, 0.3) is 5.91 Å². The SMILES string of the molecule is CC1CN(C(=O)c2cccc(O)c2O)CC1C. The topological polar surface area (TPSA) is 60.8 Å². The molecule has 2 atom stereocenters. The number of hydrogen-bond donors (Lipinski definition) is 2. The van der Waals surface area contributed by atoms with E-state index in [1.54, 1.807) is 11.0 Å². The van der Waals surface area contributed by atoms with Crippen molar-refractivity contribution in [1.82, 2.24) is 4.90 Å². The maximum absolute atomic E-state index is 12.2. The molecule has 2 rings (SSSR count). The Morgan fingerprint density at radius 3 is 2.41 bits per heavy atom. The first-order chi connectivity index (χ1) is 8.00. The van der Waals surface area contributed by atoms with Gasteiger partial charge in [-0.25, -0.2) is 0 Å². The van der Waals surface area contributed by atoms with Crippen molar-refractivity contribution < 1.29 is 15.0 Å². The predicted octanol–water partition coefficient (Wildman–Crippen LogP) is 1.83. The highest BCUT2D eigenvalue weighted by molar-refractivity contribution is 5.97. The lowest BCUT2D eigenvalue weighted by Gasteiger charge is -2.17. The Balaban J connectivity index is 2.24. The number of hydrogen-bond acceptors (Lipinski definition) is 3. The van der Waals surface area contributed by atoms with Gasteiger partial charge in [-0.2, -0.15) is 0 Å². The van der Waals surface area contributed by atoms with E-state index in [-0.39, 0.29) is 23.0 Å². The Morgan fingerprint density at radius 2 is 1.82 bits per heavy atom. The lowest BCUT2D eigenvalue weighted by atomic mass is 10.0. The summed E-state index contributed by atoms with van der Waals surface area (Å²) in [5.74, 6) is 0.146. The fourth-order valence-corrected chi connectivity index (χ4v) is 2.17. The summed E-state index contributed by atoms with van der Waals surface area (Å²) in [5.41, 5.74) is 0.173. The van der Waals surface area contributed by atoms with E-state index in [1.165, 1.54) is 12.1 Å². The molecule has 4 nitrogen and oxygen atoms in total. The summed E-state index contributed by atoms with van der Waals surface area (Å²) in [4.78, 5) is 13.9. The van der Waals surface area contributed by atoms with Gasteiger partial charge in [0, 0.05) is 13.1 Å². The molecule has 0 aromatic heterocycles. The molecule has 2 N–H and O–H groups in total. The zero-order chi connectivity index (χ0) is 12.6. The third-order valence-corrected chi connectivity index (χ3v) is 3.52. The normalized spacial score (nSPS) is 24.0. The van der Waals surface area contributed by atoms with E-state index in [0.717, 1.165) is 0 Å². The second kappa shape index (κ2) is 4.28. The molecule has 1 saturated heterocycles. The fraction of sp³-hybridized carbons (Fsp3) is 0.462. The largest absolute Gasteiger partial charge is 0.504 e. The third kappa shape index (κ3) is 2.07. The summed E-state index contributed by atoms with van der Waals surface area (Å²) in [6.07, 6.45) is 0. The minimum Gasteiger partial charge on any atom is -0.504 e. The van der Waals surface area contributed by atoms with Crippen molar-refractivity contribution in [2.24, 2.45) is 11.8 Å². The molecule has 1 aromatic rings. The van der Waals surface area contributed by atoms with Crippen molar-refractivity contribution in [3.05, 3.63) is 23.8 Å². The fourth-order valence-electron chi connectivity index (χ4n) is 2.17. The van der Waals surface area contributed by atoms with Gasteiger partial charge in [-0.3, -0.25) is 4.79 Å². The Kier molecular flexibility index (Phi) is 2.96. The summed E-state index contributed by atoms with van der Waals surface area (Å²) in [5, 5.41) is 19.0. The molecular formula is C13H17NO3. The molecule has 92 valence electrons. The second-order valence-electron chi connectivity index (χ2n) is 4.84. The summed E-state index contributed by atoms with van der Waals surface area (Å²) in [6.45, 7) is 5.63. The lowest BCUT2D eigenvalue weighted by Crippen LogP contribution is -2.28. The van der Waals surface area contributed by atoms with Gasteiger partial charge in [-0.1, -0.05) is 19.9 Å². The molecule has 0 bridgehead atoms. The van der Waals surface area contributed by atoms with Crippen molar-refractivity contribution in [2.45, 2.75) is 13.8 Å². The molecule has 1 aliphatic rings. The Morgan fingerprint density at radius 1 is 1.24 bits per heavy atom. The van der Waals surface area contributed by atoms with Gasteiger partial charge in [0.1, 0.15) is 0 Å². The van der Waals surface area contributed by atoms with E-state index in [1.807, 2.05) is 0 Å². The average Bonchev–Trinajstić information content (AvgIpc) is 2.62. The standard InChI is InChI=1S/C13H17NO3/c1-8-6-14(7-9(8)2)13(17)10-4-3-5-11(15)12(10)16/h3-5,8-9,15-16H,6-7H2,1-2H3. The van der Waals surface area contributed by atoms with E-state index in [2.05, 4.69) is 13.8 Å². The van der Waals surface area contributed by atoms with Gasteiger partial charge < -0.3 is 15.1 Å². The number of carbonyl (C=O) groups is 1. The third-order valence-electron chi connectivity index (χ3n) is 3.52. The average molecular weight is 235 g/mol. The molecule has 0 aliphatic carbocycles. The highest BCUT2D eigenvalue weighted by Gasteiger charge is 2.31. The Labute approximate surface area is 100 Å². The number of amides is 1. The molecule has 2 unspecified atom stereocenters. The van der Waals surface area contributed by atoms with Crippen molar-refractivity contribution >= 4 is 5.91 Å². The monoisotopic (exact) mass is 235 g/mol. The van der Waals surface area contributed by atoms with Crippen LogP contribution in [0.1, 0.15) is 24.2 Å². The summed E-state index contributed by atoms with van der Waals surface area (Å²) in [6, 6.07) is 4.46. The van der Waals surface area contributed by atoms with Crippen LogP contribution in [-0.2, 0) is 0 Å². The summed E-state index contributed by atoms with van der Waals surface area (Å²) in [7, 11) is 0.